The summed E-state index contributed by atoms with van der Waals surface area (Å²) >= 11 is 1.30. The Labute approximate surface area is 181 Å². The third-order valence-corrected chi connectivity index (χ3v) is 6.09. The molecule has 8 heteroatoms. The van der Waals surface area contributed by atoms with Crippen molar-refractivity contribution in [3.8, 4) is 5.75 Å². The molecule has 0 bridgehead atoms. The van der Waals surface area contributed by atoms with Crippen LogP contribution in [-0.2, 0) is 0 Å². The summed E-state index contributed by atoms with van der Waals surface area (Å²) in [4.78, 5) is 28.5. The first kappa shape index (κ1) is 19.4. The zero-order valence-electron chi connectivity index (χ0n) is 17.2. The van der Waals surface area contributed by atoms with E-state index in [2.05, 4.69) is 10.2 Å². The lowest BCUT2D eigenvalue weighted by Gasteiger charge is -2.22. The predicted molar refractivity (Wildman–Crippen MR) is 118 cm³/mol. The maximum absolute atomic E-state index is 13.6. The van der Waals surface area contributed by atoms with Crippen LogP contribution in [0.3, 0.4) is 0 Å². The van der Waals surface area contributed by atoms with Crippen molar-refractivity contribution in [3.05, 3.63) is 80.1 Å². The molecule has 7 nitrogen and oxygen atoms in total. The van der Waals surface area contributed by atoms with Gasteiger partial charge in [-0.25, -0.2) is 0 Å². The minimum atomic E-state index is -0.660. The van der Waals surface area contributed by atoms with Crippen molar-refractivity contribution in [1.29, 1.82) is 0 Å². The number of hydrogen-bond donors (Lipinski definition) is 0. The number of rotatable bonds is 4. The van der Waals surface area contributed by atoms with Gasteiger partial charge in [-0.3, -0.25) is 14.5 Å². The molecule has 31 heavy (non-hydrogen) atoms. The first-order valence-electron chi connectivity index (χ1n) is 9.91. The van der Waals surface area contributed by atoms with Crippen LogP contribution in [-0.4, -0.2) is 22.7 Å². The molecular formula is C23H19N3O4S. The van der Waals surface area contributed by atoms with Crippen molar-refractivity contribution >= 4 is 33.3 Å². The number of amides is 1. The largest absolute Gasteiger partial charge is 0.494 e. The molecule has 1 aliphatic rings. The molecule has 156 valence electrons. The van der Waals surface area contributed by atoms with Crippen molar-refractivity contribution < 1.29 is 13.9 Å². The number of carbonyl (C=O) groups is 1. The second-order valence-electron chi connectivity index (χ2n) is 7.36. The zero-order chi connectivity index (χ0) is 21.7. The van der Waals surface area contributed by atoms with Gasteiger partial charge >= 0.3 is 0 Å². The van der Waals surface area contributed by atoms with E-state index < -0.39 is 11.9 Å². The number of hydrogen-bond acceptors (Lipinski definition) is 7. The molecule has 3 heterocycles. The Hall–Kier alpha value is -3.52. The number of fused-ring (bicyclic) bond motifs is 2. The summed E-state index contributed by atoms with van der Waals surface area (Å²) in [5.74, 6) is 0.368. The van der Waals surface area contributed by atoms with Gasteiger partial charge in [-0.15, -0.1) is 10.2 Å². The van der Waals surface area contributed by atoms with E-state index in [0.717, 1.165) is 21.9 Å². The van der Waals surface area contributed by atoms with Crippen LogP contribution in [0.1, 0.15) is 45.2 Å². The van der Waals surface area contributed by atoms with Crippen molar-refractivity contribution in [2.45, 2.75) is 26.8 Å². The molecule has 0 saturated carbocycles. The Morgan fingerprint density at radius 3 is 2.55 bits per heavy atom. The van der Waals surface area contributed by atoms with E-state index in [4.69, 9.17) is 9.15 Å². The minimum Gasteiger partial charge on any atom is -0.494 e. The van der Waals surface area contributed by atoms with Crippen LogP contribution in [0.5, 0.6) is 5.75 Å². The van der Waals surface area contributed by atoms with E-state index in [1.54, 1.807) is 12.1 Å². The molecule has 1 amide bonds. The van der Waals surface area contributed by atoms with Crippen LogP contribution < -0.4 is 15.1 Å². The van der Waals surface area contributed by atoms with Crippen LogP contribution in [0.4, 0.5) is 5.13 Å². The fourth-order valence-corrected chi connectivity index (χ4v) is 4.61. The second-order valence-corrected chi connectivity index (χ2v) is 8.52. The lowest BCUT2D eigenvalue weighted by Crippen LogP contribution is -2.29. The van der Waals surface area contributed by atoms with Gasteiger partial charge in [-0.2, -0.15) is 0 Å². The summed E-state index contributed by atoms with van der Waals surface area (Å²) in [6, 6.07) is 12.1. The normalized spacial score (nSPS) is 15.5. The highest BCUT2D eigenvalue weighted by atomic mass is 32.1. The SMILES string of the molecule is CCOc1ccc([C@@H]2c3c(oc4ccc(C)cc4c3=O)C(=O)N2c2nnc(C)s2)cc1. The molecule has 2 aromatic carbocycles. The molecule has 0 unspecified atom stereocenters. The van der Waals surface area contributed by atoms with Gasteiger partial charge in [0.1, 0.15) is 16.3 Å². The molecule has 4 aromatic rings. The summed E-state index contributed by atoms with van der Waals surface area (Å²) in [5.41, 5.74) is 2.21. The first-order valence-corrected chi connectivity index (χ1v) is 10.7. The fourth-order valence-electron chi connectivity index (χ4n) is 3.90. The van der Waals surface area contributed by atoms with Crippen LogP contribution in [0, 0.1) is 13.8 Å². The molecule has 0 aliphatic carbocycles. The number of aromatic nitrogens is 2. The van der Waals surface area contributed by atoms with E-state index in [1.807, 2.05) is 51.1 Å². The summed E-state index contributed by atoms with van der Waals surface area (Å²) in [7, 11) is 0. The Balaban J connectivity index is 1.76. The van der Waals surface area contributed by atoms with Crippen LogP contribution in [0.15, 0.2) is 51.7 Å². The summed E-state index contributed by atoms with van der Waals surface area (Å²) in [5, 5.41) is 9.84. The van der Waals surface area contributed by atoms with Crippen molar-refractivity contribution in [1.82, 2.24) is 10.2 Å². The van der Waals surface area contributed by atoms with Gasteiger partial charge < -0.3 is 9.15 Å². The van der Waals surface area contributed by atoms with E-state index in [-0.39, 0.29) is 11.2 Å². The average molecular weight is 433 g/mol. The lowest BCUT2D eigenvalue weighted by molar-refractivity contribution is 0.0970. The third kappa shape index (κ3) is 3.11. The molecule has 1 aliphatic heterocycles. The smallest absolute Gasteiger partial charge is 0.297 e. The van der Waals surface area contributed by atoms with Gasteiger partial charge in [-0.05, 0) is 50.6 Å². The number of aryl methyl sites for hydroxylation is 2. The van der Waals surface area contributed by atoms with Crippen LogP contribution >= 0.6 is 11.3 Å². The standard InChI is InChI=1S/C23H19N3O4S/c1-4-29-15-8-6-14(7-9-15)19-18-20(27)16-11-12(2)5-10-17(16)30-21(18)22(28)26(19)23-25-24-13(3)31-23/h5-11,19H,4H2,1-3H3/t19-/m1/s1. The fraction of sp³-hybridized carbons (Fsp3) is 0.217. The van der Waals surface area contributed by atoms with Gasteiger partial charge in [-0.1, -0.05) is 35.1 Å². The Morgan fingerprint density at radius 1 is 1.10 bits per heavy atom. The number of benzene rings is 2. The van der Waals surface area contributed by atoms with Gasteiger partial charge in [0, 0.05) is 0 Å². The molecule has 0 fully saturated rings. The van der Waals surface area contributed by atoms with E-state index in [1.165, 1.54) is 16.2 Å². The topological polar surface area (TPSA) is 85.5 Å². The monoisotopic (exact) mass is 433 g/mol. The average Bonchev–Trinajstić information content (AvgIpc) is 3.31. The Kier molecular flexibility index (Phi) is 4.59. The minimum absolute atomic E-state index is 0.0492. The Bertz CT molecular complexity index is 1370. The third-order valence-electron chi connectivity index (χ3n) is 5.25. The Morgan fingerprint density at radius 2 is 1.87 bits per heavy atom. The predicted octanol–water partition coefficient (Wildman–Crippen LogP) is 4.41. The molecule has 0 radical (unpaired) electrons. The number of anilines is 1. The van der Waals surface area contributed by atoms with Crippen LogP contribution in [0.2, 0.25) is 0 Å². The highest BCUT2D eigenvalue weighted by molar-refractivity contribution is 7.15. The zero-order valence-corrected chi connectivity index (χ0v) is 18.0. The molecular weight excluding hydrogens is 414 g/mol. The number of ether oxygens (including phenoxy) is 1. The summed E-state index contributed by atoms with van der Waals surface area (Å²) in [6.07, 6.45) is 0. The number of nitrogens with zero attached hydrogens (tertiary/aromatic N) is 3. The quantitative estimate of drug-likeness (QED) is 0.474. The van der Waals surface area contributed by atoms with Gasteiger partial charge in [0.15, 0.2) is 5.43 Å². The molecule has 0 spiro atoms. The highest BCUT2D eigenvalue weighted by Gasteiger charge is 2.45. The van der Waals surface area contributed by atoms with E-state index in [9.17, 15) is 9.59 Å². The van der Waals surface area contributed by atoms with Gasteiger partial charge in [0.2, 0.25) is 10.9 Å². The van der Waals surface area contributed by atoms with E-state index >= 15 is 0 Å². The van der Waals surface area contributed by atoms with Crippen molar-refractivity contribution in [2.24, 2.45) is 0 Å². The maximum Gasteiger partial charge on any atom is 0.297 e. The van der Waals surface area contributed by atoms with Crippen LogP contribution in [0.25, 0.3) is 11.0 Å². The van der Waals surface area contributed by atoms with Gasteiger partial charge in [0.05, 0.1) is 23.6 Å². The summed E-state index contributed by atoms with van der Waals surface area (Å²) in [6.45, 7) is 6.20. The lowest BCUT2D eigenvalue weighted by atomic mass is 9.98. The molecule has 0 saturated heterocycles. The first-order chi connectivity index (χ1) is 15.0. The van der Waals surface area contributed by atoms with Gasteiger partial charge in [0.25, 0.3) is 5.91 Å². The molecule has 0 N–H and O–H groups in total. The maximum atomic E-state index is 13.6. The summed E-state index contributed by atoms with van der Waals surface area (Å²) < 4.78 is 11.5. The molecule has 2 aromatic heterocycles. The number of carbonyl (C=O) groups excluding carboxylic acids is 1. The van der Waals surface area contributed by atoms with Crippen molar-refractivity contribution in [2.75, 3.05) is 11.5 Å². The molecule has 5 rings (SSSR count). The second kappa shape index (κ2) is 7.31. The van der Waals surface area contributed by atoms with E-state index in [0.29, 0.717) is 28.3 Å². The molecule has 1 atom stereocenters. The van der Waals surface area contributed by atoms with Crippen molar-refractivity contribution in [3.63, 3.8) is 0 Å². The highest BCUT2D eigenvalue weighted by Crippen LogP contribution is 2.42.